The predicted octanol–water partition coefficient (Wildman–Crippen LogP) is 3.92. The van der Waals surface area contributed by atoms with Crippen molar-refractivity contribution < 1.29 is 13.9 Å². The van der Waals surface area contributed by atoms with Crippen molar-refractivity contribution in [2.75, 3.05) is 7.11 Å². The summed E-state index contributed by atoms with van der Waals surface area (Å²) in [6, 6.07) is 17.4. The minimum atomic E-state index is -0.836. The molecule has 0 spiro atoms. The molecular weight excluding hydrogens is 279 g/mol. The Bertz CT molecular complexity index is 578. The van der Waals surface area contributed by atoms with Gasteiger partial charge in [-0.25, -0.2) is 4.39 Å². The maximum absolute atomic E-state index is 14.0. The molecule has 0 saturated heterocycles. The van der Waals surface area contributed by atoms with Crippen LogP contribution >= 0.6 is 0 Å². The van der Waals surface area contributed by atoms with Crippen LogP contribution in [-0.4, -0.2) is 19.3 Å². The van der Waals surface area contributed by atoms with Gasteiger partial charge in [0.05, 0.1) is 13.5 Å². The zero-order chi connectivity index (χ0) is 15.8. The Morgan fingerprint density at radius 1 is 1.00 bits per heavy atom. The lowest BCUT2D eigenvalue weighted by atomic mass is 10.0. The highest BCUT2D eigenvalue weighted by Crippen LogP contribution is 2.14. The van der Waals surface area contributed by atoms with E-state index >= 15 is 0 Å². The highest BCUT2D eigenvalue weighted by atomic mass is 19.1. The fourth-order valence-corrected chi connectivity index (χ4v) is 2.36. The van der Waals surface area contributed by atoms with Gasteiger partial charge in [-0.15, -0.1) is 0 Å². The largest absolute Gasteiger partial charge is 0.469 e. The van der Waals surface area contributed by atoms with Crippen LogP contribution in [0.2, 0.25) is 0 Å². The number of carbonyl (C=O) groups excluding carboxylic acids is 1. The van der Waals surface area contributed by atoms with Gasteiger partial charge in [-0.2, -0.15) is 0 Å². The lowest BCUT2D eigenvalue weighted by molar-refractivity contribution is -0.139. The molecular formula is C19H21FO2. The Balaban J connectivity index is 1.80. The average molecular weight is 300 g/mol. The van der Waals surface area contributed by atoms with E-state index in [0.717, 1.165) is 16.7 Å². The van der Waals surface area contributed by atoms with E-state index in [1.165, 1.54) is 7.11 Å². The molecule has 0 aromatic heterocycles. The van der Waals surface area contributed by atoms with Crippen LogP contribution in [0.5, 0.6) is 0 Å². The van der Waals surface area contributed by atoms with E-state index in [-0.39, 0.29) is 12.4 Å². The number of esters is 1. The third-order valence-corrected chi connectivity index (χ3v) is 3.65. The van der Waals surface area contributed by atoms with Crippen LogP contribution in [0.25, 0.3) is 0 Å². The van der Waals surface area contributed by atoms with E-state index in [4.69, 9.17) is 0 Å². The Kier molecular flexibility index (Phi) is 6.13. The number of hydrogen-bond donors (Lipinski definition) is 0. The Morgan fingerprint density at radius 3 is 2.27 bits per heavy atom. The molecule has 0 amide bonds. The highest BCUT2D eigenvalue weighted by Gasteiger charge is 2.08. The average Bonchev–Trinajstić information content (AvgIpc) is 2.55. The number of halogens is 1. The fourth-order valence-electron chi connectivity index (χ4n) is 2.36. The zero-order valence-electron chi connectivity index (χ0n) is 12.8. The summed E-state index contributed by atoms with van der Waals surface area (Å²) in [6.07, 6.45) is 1.10. The van der Waals surface area contributed by atoms with Crippen LogP contribution < -0.4 is 0 Å². The van der Waals surface area contributed by atoms with E-state index in [2.05, 4.69) is 4.74 Å². The molecule has 0 heterocycles. The molecule has 2 rings (SSSR count). The van der Waals surface area contributed by atoms with Gasteiger partial charge in [0.1, 0.15) is 6.17 Å². The SMILES string of the molecule is COC(=O)Cc1ccc(CCC(F)Cc2ccccc2)cc1. The summed E-state index contributed by atoms with van der Waals surface area (Å²) in [5.41, 5.74) is 3.03. The first kappa shape index (κ1) is 16.2. The summed E-state index contributed by atoms with van der Waals surface area (Å²) < 4.78 is 18.6. The Morgan fingerprint density at radius 2 is 1.64 bits per heavy atom. The number of aryl methyl sites for hydroxylation is 1. The molecule has 0 radical (unpaired) electrons. The molecule has 22 heavy (non-hydrogen) atoms. The number of ether oxygens (including phenoxy) is 1. The summed E-state index contributed by atoms with van der Waals surface area (Å²) >= 11 is 0. The molecule has 0 saturated carbocycles. The second-order valence-corrected chi connectivity index (χ2v) is 5.40. The molecule has 3 heteroatoms. The van der Waals surface area contributed by atoms with Crippen LogP contribution in [0.15, 0.2) is 54.6 Å². The van der Waals surface area contributed by atoms with Gasteiger partial charge >= 0.3 is 5.97 Å². The second-order valence-electron chi connectivity index (χ2n) is 5.40. The monoisotopic (exact) mass is 300 g/mol. The first-order valence-electron chi connectivity index (χ1n) is 7.50. The zero-order valence-corrected chi connectivity index (χ0v) is 12.8. The van der Waals surface area contributed by atoms with Gasteiger partial charge in [0.15, 0.2) is 0 Å². The molecule has 0 aliphatic heterocycles. The number of alkyl halides is 1. The molecule has 116 valence electrons. The number of rotatable bonds is 7. The molecule has 0 N–H and O–H groups in total. The topological polar surface area (TPSA) is 26.3 Å². The first-order valence-corrected chi connectivity index (χ1v) is 7.50. The minimum Gasteiger partial charge on any atom is -0.469 e. The first-order chi connectivity index (χ1) is 10.7. The molecule has 1 unspecified atom stereocenters. The summed E-state index contributed by atoms with van der Waals surface area (Å²) in [6.45, 7) is 0. The van der Waals surface area contributed by atoms with E-state index < -0.39 is 6.17 Å². The van der Waals surface area contributed by atoms with Gasteiger partial charge in [-0.3, -0.25) is 4.79 Å². The maximum atomic E-state index is 14.0. The van der Waals surface area contributed by atoms with Crippen molar-refractivity contribution in [1.29, 1.82) is 0 Å². The standard InChI is InChI=1S/C19H21FO2/c1-22-19(21)14-17-9-7-15(8-10-17)11-12-18(20)13-16-5-3-2-4-6-16/h2-10,18H,11-14H2,1H3. The molecule has 1 atom stereocenters. The van der Waals surface area contributed by atoms with Crippen LogP contribution in [0.1, 0.15) is 23.1 Å². The molecule has 2 nitrogen and oxygen atoms in total. The lowest BCUT2D eigenvalue weighted by Crippen LogP contribution is -2.07. The third-order valence-electron chi connectivity index (χ3n) is 3.65. The third kappa shape index (κ3) is 5.32. The van der Waals surface area contributed by atoms with E-state index in [1.54, 1.807) is 0 Å². The molecule has 0 aliphatic rings. The molecule has 2 aromatic rings. The van der Waals surface area contributed by atoms with Gasteiger partial charge in [-0.1, -0.05) is 54.6 Å². The van der Waals surface area contributed by atoms with Crippen LogP contribution in [0.3, 0.4) is 0 Å². The predicted molar refractivity (Wildman–Crippen MR) is 85.5 cm³/mol. The maximum Gasteiger partial charge on any atom is 0.309 e. The normalized spacial score (nSPS) is 11.9. The van der Waals surface area contributed by atoms with Crippen molar-refractivity contribution in [1.82, 2.24) is 0 Å². The van der Waals surface area contributed by atoms with E-state index in [9.17, 15) is 9.18 Å². The van der Waals surface area contributed by atoms with Gasteiger partial charge in [0.25, 0.3) is 0 Å². The molecule has 0 aliphatic carbocycles. The van der Waals surface area contributed by atoms with Crippen LogP contribution in [0, 0.1) is 0 Å². The number of methoxy groups -OCH3 is 1. The van der Waals surface area contributed by atoms with Crippen LogP contribution in [-0.2, 0) is 28.8 Å². The van der Waals surface area contributed by atoms with Crippen molar-refractivity contribution in [2.45, 2.75) is 31.9 Å². The van der Waals surface area contributed by atoms with Crippen molar-refractivity contribution in [3.63, 3.8) is 0 Å². The number of benzene rings is 2. The van der Waals surface area contributed by atoms with Crippen molar-refractivity contribution in [3.05, 3.63) is 71.3 Å². The second kappa shape index (κ2) is 8.32. The van der Waals surface area contributed by atoms with Gasteiger partial charge < -0.3 is 4.74 Å². The van der Waals surface area contributed by atoms with Gasteiger partial charge in [-0.05, 0) is 29.5 Å². The van der Waals surface area contributed by atoms with Gasteiger partial charge in [0.2, 0.25) is 0 Å². The Labute approximate surface area is 130 Å². The highest BCUT2D eigenvalue weighted by molar-refractivity contribution is 5.72. The van der Waals surface area contributed by atoms with Crippen molar-refractivity contribution in [3.8, 4) is 0 Å². The molecule has 0 bridgehead atoms. The number of carbonyl (C=O) groups is 1. The van der Waals surface area contributed by atoms with E-state index in [0.29, 0.717) is 19.3 Å². The summed E-state index contributed by atoms with van der Waals surface area (Å²) in [7, 11) is 1.38. The van der Waals surface area contributed by atoms with Crippen LogP contribution in [0.4, 0.5) is 4.39 Å². The van der Waals surface area contributed by atoms with Gasteiger partial charge in [0, 0.05) is 6.42 Å². The number of hydrogen-bond acceptors (Lipinski definition) is 2. The van der Waals surface area contributed by atoms with Crippen molar-refractivity contribution in [2.24, 2.45) is 0 Å². The van der Waals surface area contributed by atoms with E-state index in [1.807, 2.05) is 54.6 Å². The lowest BCUT2D eigenvalue weighted by Gasteiger charge is -2.09. The summed E-state index contributed by atoms with van der Waals surface area (Å²) in [5.74, 6) is -0.251. The molecule has 2 aromatic carbocycles. The minimum absolute atomic E-state index is 0.251. The fraction of sp³-hybridized carbons (Fsp3) is 0.316. The Hall–Kier alpha value is -2.16. The molecule has 0 fully saturated rings. The quantitative estimate of drug-likeness (QED) is 0.725. The summed E-state index contributed by atoms with van der Waals surface area (Å²) in [5, 5.41) is 0. The van der Waals surface area contributed by atoms with Crippen molar-refractivity contribution >= 4 is 5.97 Å². The summed E-state index contributed by atoms with van der Waals surface area (Å²) in [4.78, 5) is 11.2. The smallest absolute Gasteiger partial charge is 0.309 e.